The minimum atomic E-state index is 1.31. The Morgan fingerprint density at radius 1 is 0.846 bits per heavy atom. The van der Waals surface area contributed by atoms with Crippen LogP contribution in [-0.2, 0) is 0 Å². The molecule has 0 heteroatoms. The Balaban J connectivity index is 0.000000132. The summed E-state index contributed by atoms with van der Waals surface area (Å²) in [5, 5.41) is 0. The van der Waals surface area contributed by atoms with Gasteiger partial charge in [-0.25, -0.2) is 0 Å². The van der Waals surface area contributed by atoms with E-state index >= 15 is 0 Å². The van der Waals surface area contributed by atoms with Crippen molar-refractivity contribution in [3.05, 3.63) is 36.0 Å². The van der Waals surface area contributed by atoms with Crippen molar-refractivity contribution in [1.82, 2.24) is 0 Å². The van der Waals surface area contributed by atoms with Gasteiger partial charge in [0.1, 0.15) is 0 Å². The lowest BCUT2D eigenvalue weighted by atomic mass is 10.0. The zero-order valence-electron chi connectivity index (χ0n) is 8.63. The van der Waals surface area contributed by atoms with Gasteiger partial charge in [-0.05, 0) is 12.5 Å². The van der Waals surface area contributed by atoms with Gasteiger partial charge in [-0.15, -0.1) is 0 Å². The maximum atomic E-state index is 2.08. The van der Waals surface area contributed by atoms with E-state index in [2.05, 4.69) is 18.2 Å². The number of hydrogen-bond donors (Lipinski definition) is 0. The van der Waals surface area contributed by atoms with Crippen LogP contribution in [0.15, 0.2) is 36.0 Å². The average Bonchev–Trinajstić information content (AvgIpc) is 2.74. The molecule has 0 bridgehead atoms. The van der Waals surface area contributed by atoms with Gasteiger partial charge in [0.2, 0.25) is 0 Å². The second-order valence-corrected chi connectivity index (χ2v) is 3.63. The highest BCUT2D eigenvalue weighted by atomic mass is 14.0. The van der Waals surface area contributed by atoms with Crippen LogP contribution in [0.25, 0.3) is 0 Å². The van der Waals surface area contributed by atoms with Crippen molar-refractivity contribution < 1.29 is 0 Å². The molecule has 1 fully saturated rings. The van der Waals surface area contributed by atoms with Gasteiger partial charge in [0, 0.05) is 0 Å². The first-order chi connectivity index (χ1) is 6.43. The molecule has 0 aromatic rings. The summed E-state index contributed by atoms with van der Waals surface area (Å²) in [5.41, 5.74) is 1.31. The molecule has 0 unspecified atom stereocenters. The van der Waals surface area contributed by atoms with Crippen molar-refractivity contribution in [2.45, 2.75) is 45.4 Å². The van der Waals surface area contributed by atoms with Gasteiger partial charge in [0.25, 0.3) is 0 Å². The lowest BCUT2D eigenvalue weighted by Gasteiger charge is -2.05. The van der Waals surface area contributed by atoms with Crippen LogP contribution in [-0.4, -0.2) is 0 Å². The summed E-state index contributed by atoms with van der Waals surface area (Å²) >= 11 is 0. The van der Waals surface area contributed by atoms with Gasteiger partial charge in [-0.3, -0.25) is 0 Å². The van der Waals surface area contributed by atoms with Crippen molar-refractivity contribution in [3.8, 4) is 0 Å². The molecule has 0 N–H and O–H groups in total. The molecular formula is C13H20. The highest BCUT2D eigenvalue weighted by molar-refractivity contribution is 5.39. The number of allylic oxidation sites excluding steroid dienone is 6. The zero-order valence-corrected chi connectivity index (χ0v) is 8.63. The first-order valence-electron chi connectivity index (χ1n) is 5.44. The fourth-order valence-corrected chi connectivity index (χ4v) is 1.64. The molecule has 2 aliphatic carbocycles. The molecule has 0 atom stereocenters. The molecule has 2 aliphatic rings. The second-order valence-electron chi connectivity index (χ2n) is 3.63. The summed E-state index contributed by atoms with van der Waals surface area (Å²) in [7, 11) is 0. The van der Waals surface area contributed by atoms with Crippen LogP contribution >= 0.6 is 0 Å². The Morgan fingerprint density at radius 3 is 1.46 bits per heavy atom. The highest BCUT2D eigenvalue weighted by Gasteiger charge is 1.95. The third-order valence-corrected chi connectivity index (χ3v) is 2.52. The second kappa shape index (κ2) is 6.71. The monoisotopic (exact) mass is 176 g/mol. The third-order valence-electron chi connectivity index (χ3n) is 2.52. The smallest absolute Gasteiger partial charge is 0.0299 e. The number of rotatable bonds is 0. The van der Waals surface area contributed by atoms with Crippen LogP contribution in [0.2, 0.25) is 0 Å². The molecule has 0 heterocycles. The van der Waals surface area contributed by atoms with E-state index in [0.29, 0.717) is 0 Å². The van der Waals surface area contributed by atoms with Gasteiger partial charge < -0.3 is 0 Å². The van der Waals surface area contributed by atoms with E-state index < -0.39 is 0 Å². The van der Waals surface area contributed by atoms with E-state index in [1.54, 1.807) is 0 Å². The predicted octanol–water partition coefficient (Wildman–Crippen LogP) is 4.40. The molecule has 72 valence electrons. The molecule has 0 nitrogen and oxygen atoms in total. The van der Waals surface area contributed by atoms with Crippen LogP contribution in [0, 0.1) is 0 Å². The lowest BCUT2D eigenvalue weighted by molar-refractivity contribution is 0.504. The lowest BCUT2D eigenvalue weighted by Crippen LogP contribution is -1.85. The van der Waals surface area contributed by atoms with Crippen molar-refractivity contribution in [3.63, 3.8) is 0 Å². The topological polar surface area (TPSA) is 0 Å². The number of hydrogen-bond acceptors (Lipinski definition) is 0. The van der Waals surface area contributed by atoms with Gasteiger partial charge in [0.05, 0.1) is 0 Å². The Hall–Kier alpha value is -0.780. The molecule has 0 spiro atoms. The maximum absolute atomic E-state index is 2.08. The maximum Gasteiger partial charge on any atom is -0.0299 e. The summed E-state index contributed by atoms with van der Waals surface area (Å²) in [6.45, 7) is 2.04. The third kappa shape index (κ3) is 4.72. The summed E-state index contributed by atoms with van der Waals surface area (Å²) in [6.07, 6.45) is 19.3. The molecule has 0 amide bonds. The van der Waals surface area contributed by atoms with Gasteiger partial charge in [0.15, 0.2) is 0 Å². The zero-order chi connectivity index (χ0) is 9.36. The van der Waals surface area contributed by atoms with E-state index in [1.807, 2.05) is 19.1 Å². The molecule has 1 saturated carbocycles. The summed E-state index contributed by atoms with van der Waals surface area (Å²) in [6, 6.07) is 0. The quantitative estimate of drug-likeness (QED) is 0.513. The van der Waals surface area contributed by atoms with E-state index in [0.717, 1.165) is 0 Å². The molecule has 0 aliphatic heterocycles. The van der Waals surface area contributed by atoms with Crippen molar-refractivity contribution in [1.29, 1.82) is 0 Å². The predicted molar refractivity (Wildman–Crippen MR) is 59.7 cm³/mol. The summed E-state index contributed by atoms with van der Waals surface area (Å²) in [5.74, 6) is 0. The van der Waals surface area contributed by atoms with Crippen molar-refractivity contribution >= 4 is 0 Å². The fraction of sp³-hybridized carbons (Fsp3) is 0.538. The van der Waals surface area contributed by atoms with E-state index in [4.69, 9.17) is 0 Å². The Morgan fingerprint density at radius 2 is 1.23 bits per heavy atom. The van der Waals surface area contributed by atoms with Gasteiger partial charge in [-0.1, -0.05) is 68.9 Å². The van der Waals surface area contributed by atoms with Crippen LogP contribution in [0.3, 0.4) is 0 Å². The fourth-order valence-electron chi connectivity index (χ4n) is 1.64. The summed E-state index contributed by atoms with van der Waals surface area (Å²) < 4.78 is 0. The highest BCUT2D eigenvalue weighted by Crippen LogP contribution is 2.15. The van der Waals surface area contributed by atoms with Crippen LogP contribution in [0.5, 0.6) is 0 Å². The molecule has 0 radical (unpaired) electrons. The molecule has 13 heavy (non-hydrogen) atoms. The Kier molecular flexibility index (Phi) is 5.31. The van der Waals surface area contributed by atoms with E-state index in [9.17, 15) is 0 Å². The Bertz CT molecular complexity index is 177. The van der Waals surface area contributed by atoms with Crippen molar-refractivity contribution in [2.75, 3.05) is 0 Å². The van der Waals surface area contributed by atoms with Crippen LogP contribution in [0.1, 0.15) is 45.4 Å². The largest absolute Gasteiger partial charge is 0.0804 e. The first-order valence-corrected chi connectivity index (χ1v) is 5.44. The minimum absolute atomic E-state index is 1.31. The van der Waals surface area contributed by atoms with Crippen LogP contribution < -0.4 is 0 Å². The normalized spacial score (nSPS) is 19.6. The van der Waals surface area contributed by atoms with Crippen LogP contribution in [0.4, 0.5) is 0 Å². The SMILES string of the molecule is C1CCCCC1.CC=C1C=CC=C1. The van der Waals surface area contributed by atoms with Gasteiger partial charge >= 0.3 is 0 Å². The standard InChI is InChI=1S/C7H8.C6H12/c1-2-7-5-3-4-6-7;1-2-4-6-5-3-1/h2-6H,1H3;1-6H2. The Labute approximate surface area is 82.0 Å². The minimum Gasteiger partial charge on any atom is -0.0804 e. The summed E-state index contributed by atoms with van der Waals surface area (Å²) in [4.78, 5) is 0. The van der Waals surface area contributed by atoms with E-state index in [1.165, 1.54) is 44.1 Å². The van der Waals surface area contributed by atoms with Crippen molar-refractivity contribution in [2.24, 2.45) is 0 Å². The molecular weight excluding hydrogens is 156 g/mol. The van der Waals surface area contributed by atoms with E-state index in [-0.39, 0.29) is 0 Å². The average molecular weight is 176 g/mol. The molecule has 0 saturated heterocycles. The molecule has 2 rings (SSSR count). The first kappa shape index (κ1) is 10.3. The molecule has 0 aromatic heterocycles. The van der Waals surface area contributed by atoms with Gasteiger partial charge in [-0.2, -0.15) is 0 Å². The molecule has 0 aromatic carbocycles.